The van der Waals surface area contributed by atoms with Crippen molar-refractivity contribution in [1.82, 2.24) is 19.8 Å². The summed E-state index contributed by atoms with van der Waals surface area (Å²) in [5.74, 6) is 1.10. The van der Waals surface area contributed by atoms with Crippen LogP contribution in [0.4, 0.5) is 13.2 Å². The van der Waals surface area contributed by atoms with Crippen LogP contribution >= 0.6 is 11.3 Å². The number of nitrogens with zero attached hydrogens (tertiary/aromatic N) is 4. The molecule has 9 heteroatoms. The van der Waals surface area contributed by atoms with Gasteiger partial charge >= 0.3 is 6.18 Å². The molecule has 0 aliphatic carbocycles. The van der Waals surface area contributed by atoms with Crippen LogP contribution in [0.3, 0.4) is 0 Å². The molecule has 0 amide bonds. The van der Waals surface area contributed by atoms with Gasteiger partial charge in [0.15, 0.2) is 10.8 Å². The third kappa shape index (κ3) is 3.50. The lowest BCUT2D eigenvalue weighted by molar-refractivity contribution is -0.137. The van der Waals surface area contributed by atoms with E-state index in [-0.39, 0.29) is 6.10 Å². The molecule has 0 saturated heterocycles. The Bertz CT molecular complexity index is 1060. The lowest BCUT2D eigenvalue weighted by Gasteiger charge is -2.11. The number of halogens is 3. The largest absolute Gasteiger partial charge is 0.483 e. The molecule has 4 rings (SSSR count). The predicted molar refractivity (Wildman–Crippen MR) is 94.6 cm³/mol. The van der Waals surface area contributed by atoms with Crippen molar-refractivity contribution >= 4 is 16.3 Å². The normalized spacial score (nSPS) is 13.0. The molecule has 2 aromatic heterocycles. The van der Waals surface area contributed by atoms with Crippen LogP contribution in [0, 0.1) is 0 Å². The predicted octanol–water partition coefficient (Wildman–Crippen LogP) is 5.01. The number of aromatic nitrogens is 4. The first-order valence-electron chi connectivity index (χ1n) is 8.03. The molecule has 4 aromatic rings. The van der Waals surface area contributed by atoms with Gasteiger partial charge in [0.25, 0.3) is 0 Å². The number of para-hydroxylation sites is 1. The van der Waals surface area contributed by atoms with Gasteiger partial charge < -0.3 is 4.74 Å². The molecule has 0 saturated carbocycles. The van der Waals surface area contributed by atoms with Gasteiger partial charge in [-0.05, 0) is 31.2 Å². The fraction of sp³-hybridized carbons (Fsp3) is 0.167. The van der Waals surface area contributed by atoms with E-state index in [1.54, 1.807) is 0 Å². The van der Waals surface area contributed by atoms with E-state index in [9.17, 15) is 13.2 Å². The summed E-state index contributed by atoms with van der Waals surface area (Å²) in [7, 11) is 0. The summed E-state index contributed by atoms with van der Waals surface area (Å²) in [5.41, 5.74) is -0.208. The van der Waals surface area contributed by atoms with E-state index < -0.39 is 11.7 Å². The monoisotopic (exact) mass is 390 g/mol. The Balaban J connectivity index is 1.62. The Morgan fingerprint density at radius 2 is 1.70 bits per heavy atom. The highest BCUT2D eigenvalue weighted by Gasteiger charge is 2.30. The quantitative estimate of drug-likeness (QED) is 0.491. The van der Waals surface area contributed by atoms with Crippen LogP contribution in [0.2, 0.25) is 0 Å². The van der Waals surface area contributed by atoms with E-state index in [4.69, 9.17) is 4.74 Å². The number of rotatable bonds is 4. The summed E-state index contributed by atoms with van der Waals surface area (Å²) in [6, 6.07) is 14.1. The fourth-order valence-corrected chi connectivity index (χ4v) is 3.36. The van der Waals surface area contributed by atoms with Gasteiger partial charge in [-0.1, -0.05) is 41.7 Å². The van der Waals surface area contributed by atoms with Crippen LogP contribution in [0.5, 0.6) is 5.75 Å². The van der Waals surface area contributed by atoms with Crippen LogP contribution in [0.1, 0.15) is 23.6 Å². The number of alkyl halides is 3. The van der Waals surface area contributed by atoms with Crippen molar-refractivity contribution in [3.05, 3.63) is 65.2 Å². The molecule has 0 spiro atoms. The fourth-order valence-electron chi connectivity index (χ4n) is 2.54. The zero-order valence-corrected chi connectivity index (χ0v) is 14.8. The molecule has 0 aliphatic heterocycles. The Hall–Kier alpha value is -2.94. The molecule has 1 atom stereocenters. The third-order valence-corrected chi connectivity index (χ3v) is 4.94. The van der Waals surface area contributed by atoms with E-state index in [1.807, 2.05) is 37.3 Å². The summed E-state index contributed by atoms with van der Waals surface area (Å²) < 4.78 is 45.6. The Kier molecular flexibility index (Phi) is 4.31. The van der Waals surface area contributed by atoms with Gasteiger partial charge in [-0.3, -0.25) is 0 Å². The lowest BCUT2D eigenvalue weighted by atomic mass is 10.1. The summed E-state index contributed by atoms with van der Waals surface area (Å²) >= 11 is 1.32. The number of hydrogen-bond donors (Lipinski definition) is 0. The molecular weight excluding hydrogens is 377 g/mol. The average Bonchev–Trinajstić information content (AvgIpc) is 3.22. The second-order valence-corrected chi connectivity index (χ2v) is 6.79. The average molecular weight is 390 g/mol. The zero-order chi connectivity index (χ0) is 19.0. The van der Waals surface area contributed by atoms with Crippen molar-refractivity contribution in [3.63, 3.8) is 0 Å². The molecule has 0 unspecified atom stereocenters. The number of fused-ring (bicyclic) bond motifs is 1. The van der Waals surface area contributed by atoms with Gasteiger partial charge in [-0.25, -0.2) is 0 Å². The van der Waals surface area contributed by atoms with Gasteiger partial charge in [0.2, 0.25) is 4.96 Å². The van der Waals surface area contributed by atoms with E-state index in [2.05, 4.69) is 15.3 Å². The van der Waals surface area contributed by atoms with Crippen LogP contribution < -0.4 is 4.74 Å². The smallest absolute Gasteiger partial charge is 0.416 e. The van der Waals surface area contributed by atoms with Crippen molar-refractivity contribution in [2.24, 2.45) is 0 Å². The lowest BCUT2D eigenvalue weighted by Crippen LogP contribution is -2.05. The highest BCUT2D eigenvalue weighted by atomic mass is 32.1. The van der Waals surface area contributed by atoms with E-state index in [1.165, 1.54) is 28.0 Å². The highest BCUT2D eigenvalue weighted by molar-refractivity contribution is 7.16. The van der Waals surface area contributed by atoms with Gasteiger partial charge in [0.1, 0.15) is 11.9 Å². The van der Waals surface area contributed by atoms with Crippen LogP contribution in [-0.4, -0.2) is 19.8 Å². The first-order valence-corrected chi connectivity index (χ1v) is 8.85. The molecule has 2 aromatic carbocycles. The summed E-state index contributed by atoms with van der Waals surface area (Å²) in [4.78, 5) is 0.545. The third-order valence-electron chi connectivity index (χ3n) is 3.88. The second-order valence-electron chi connectivity index (χ2n) is 5.81. The van der Waals surface area contributed by atoms with Gasteiger partial charge in [0, 0.05) is 5.56 Å². The Labute approximate surface area is 156 Å². The molecule has 138 valence electrons. The molecule has 0 radical (unpaired) electrons. The summed E-state index contributed by atoms with van der Waals surface area (Å²) in [6.45, 7) is 1.87. The molecule has 0 bridgehead atoms. The van der Waals surface area contributed by atoms with E-state index >= 15 is 0 Å². The summed E-state index contributed by atoms with van der Waals surface area (Å²) in [5, 5.41) is 13.3. The minimum Gasteiger partial charge on any atom is -0.483 e. The Morgan fingerprint density at radius 3 is 2.37 bits per heavy atom. The van der Waals surface area contributed by atoms with Crippen molar-refractivity contribution in [3.8, 4) is 17.1 Å². The second kappa shape index (κ2) is 6.66. The first kappa shape index (κ1) is 17.5. The van der Waals surface area contributed by atoms with Gasteiger partial charge in [-0.2, -0.15) is 22.8 Å². The van der Waals surface area contributed by atoms with Gasteiger partial charge in [0.05, 0.1) is 5.56 Å². The van der Waals surface area contributed by atoms with E-state index in [0.717, 1.165) is 17.9 Å². The van der Waals surface area contributed by atoms with Crippen molar-refractivity contribution < 1.29 is 17.9 Å². The molecule has 0 N–H and O–H groups in total. The maximum Gasteiger partial charge on any atom is 0.416 e. The SMILES string of the molecule is C[C@H](Oc1ccccc1)c1nn2c(-c3ccc(C(F)(F)F)cc3)nnc2s1. The van der Waals surface area contributed by atoms with Crippen LogP contribution in [0.25, 0.3) is 16.3 Å². The Morgan fingerprint density at radius 1 is 1.00 bits per heavy atom. The van der Waals surface area contributed by atoms with Crippen molar-refractivity contribution in [1.29, 1.82) is 0 Å². The maximum absolute atomic E-state index is 12.7. The number of benzene rings is 2. The molecule has 2 heterocycles. The maximum atomic E-state index is 12.7. The van der Waals surface area contributed by atoms with Crippen molar-refractivity contribution in [2.75, 3.05) is 0 Å². The highest BCUT2D eigenvalue weighted by Crippen LogP contribution is 2.31. The van der Waals surface area contributed by atoms with Crippen molar-refractivity contribution in [2.45, 2.75) is 19.2 Å². The minimum atomic E-state index is -4.38. The molecule has 0 fully saturated rings. The topological polar surface area (TPSA) is 52.3 Å². The first-order chi connectivity index (χ1) is 12.9. The minimum absolute atomic E-state index is 0.306. The standard InChI is InChI=1S/C18H13F3N4OS/c1-11(26-14-5-3-2-4-6-14)16-24-25-15(22-23-17(25)27-16)12-7-9-13(10-8-12)18(19,20)21/h2-11H,1H3/t11-/m0/s1. The molecule has 5 nitrogen and oxygen atoms in total. The van der Waals surface area contributed by atoms with E-state index in [0.29, 0.717) is 21.4 Å². The molecule has 0 aliphatic rings. The van der Waals surface area contributed by atoms with Crippen LogP contribution in [-0.2, 0) is 6.18 Å². The number of hydrogen-bond acceptors (Lipinski definition) is 5. The zero-order valence-electron chi connectivity index (χ0n) is 14.0. The number of ether oxygens (including phenoxy) is 1. The van der Waals surface area contributed by atoms with Crippen LogP contribution in [0.15, 0.2) is 54.6 Å². The summed E-state index contributed by atoms with van der Waals surface area (Å²) in [6.07, 6.45) is -4.68. The molecular formula is C18H13F3N4OS. The van der Waals surface area contributed by atoms with Gasteiger partial charge in [-0.15, -0.1) is 10.2 Å². The molecule has 27 heavy (non-hydrogen) atoms.